The maximum Gasteiger partial charge on any atom is 0.123 e. The average Bonchev–Trinajstić information content (AvgIpc) is 3.14. The lowest BCUT2D eigenvalue weighted by Crippen LogP contribution is -2.49. The fraction of sp³-hybridized carbons (Fsp3) is 0.500. The van der Waals surface area contributed by atoms with Crippen molar-refractivity contribution in [1.82, 2.24) is 20.0 Å². The molecule has 1 atom stereocenters. The molecule has 0 unspecified atom stereocenters. The van der Waals surface area contributed by atoms with Crippen molar-refractivity contribution in [3.63, 3.8) is 0 Å². The third-order valence-corrected chi connectivity index (χ3v) is 5.08. The van der Waals surface area contributed by atoms with Crippen molar-refractivity contribution in [1.29, 1.82) is 0 Å². The van der Waals surface area contributed by atoms with Crippen molar-refractivity contribution >= 4 is 0 Å². The molecule has 5 heteroatoms. The van der Waals surface area contributed by atoms with Gasteiger partial charge in [0, 0.05) is 37.9 Å². The molecule has 2 aromatic rings. The normalized spacial score (nSPS) is 21.6. The number of aromatic nitrogens is 2. The summed E-state index contributed by atoms with van der Waals surface area (Å²) in [6, 6.07) is 7.19. The van der Waals surface area contributed by atoms with E-state index < -0.39 is 0 Å². The highest BCUT2D eigenvalue weighted by Crippen LogP contribution is 2.29. The highest BCUT2D eigenvalue weighted by Gasteiger charge is 2.26. The van der Waals surface area contributed by atoms with Gasteiger partial charge in [-0.2, -0.15) is 5.10 Å². The molecular weight excluding hydrogens is 291 g/mol. The topological polar surface area (TPSA) is 33.1 Å². The van der Waals surface area contributed by atoms with E-state index in [4.69, 9.17) is 5.10 Å². The van der Waals surface area contributed by atoms with Crippen LogP contribution >= 0.6 is 0 Å². The Morgan fingerprint density at radius 1 is 1.26 bits per heavy atom. The largest absolute Gasteiger partial charge is 0.314 e. The highest BCUT2D eigenvalue weighted by molar-refractivity contribution is 5.40. The minimum Gasteiger partial charge on any atom is -0.314 e. The minimum absolute atomic E-state index is 0.201. The summed E-state index contributed by atoms with van der Waals surface area (Å²) in [4.78, 5) is 2.51. The number of rotatable bonds is 3. The van der Waals surface area contributed by atoms with Gasteiger partial charge < -0.3 is 5.32 Å². The maximum absolute atomic E-state index is 13.2. The fourth-order valence-corrected chi connectivity index (χ4v) is 3.75. The van der Waals surface area contributed by atoms with Crippen LogP contribution in [0.15, 0.2) is 24.3 Å². The Bertz CT molecular complexity index is 692. The first-order valence-electron chi connectivity index (χ1n) is 8.53. The number of nitrogens with one attached hydrogen (secondary N) is 1. The van der Waals surface area contributed by atoms with E-state index in [0.717, 1.165) is 44.7 Å². The molecule has 4 rings (SSSR count). The number of benzene rings is 1. The van der Waals surface area contributed by atoms with Crippen molar-refractivity contribution < 1.29 is 4.39 Å². The van der Waals surface area contributed by atoms with Crippen molar-refractivity contribution in [3.8, 4) is 5.69 Å². The Kier molecular flexibility index (Phi) is 3.91. The Hall–Kier alpha value is -1.72. The van der Waals surface area contributed by atoms with Crippen LogP contribution in [-0.2, 0) is 19.4 Å². The molecule has 4 nitrogen and oxygen atoms in total. The fourth-order valence-electron chi connectivity index (χ4n) is 3.75. The molecule has 1 aromatic heterocycles. The number of hydrogen-bond donors (Lipinski definition) is 1. The van der Waals surface area contributed by atoms with Crippen molar-refractivity contribution in [3.05, 3.63) is 47.0 Å². The zero-order chi connectivity index (χ0) is 15.8. The summed E-state index contributed by atoms with van der Waals surface area (Å²) in [5, 5.41) is 8.33. The first-order valence-corrected chi connectivity index (χ1v) is 8.53. The zero-order valence-corrected chi connectivity index (χ0v) is 13.6. The SMILES string of the molecule is C[C@H]1CNCCN1Cc1nn(-c2ccc(F)cc2)c2c1CCC2. The van der Waals surface area contributed by atoms with Crippen LogP contribution in [0, 0.1) is 5.82 Å². The highest BCUT2D eigenvalue weighted by atomic mass is 19.1. The molecule has 1 fully saturated rings. The van der Waals surface area contributed by atoms with Crippen LogP contribution in [0.25, 0.3) is 5.69 Å². The minimum atomic E-state index is -0.201. The predicted octanol–water partition coefficient (Wildman–Crippen LogP) is 2.29. The first-order chi connectivity index (χ1) is 11.2. The average molecular weight is 314 g/mol. The van der Waals surface area contributed by atoms with Crippen LogP contribution in [0.3, 0.4) is 0 Å². The number of hydrogen-bond acceptors (Lipinski definition) is 3. The second-order valence-electron chi connectivity index (χ2n) is 6.64. The van der Waals surface area contributed by atoms with Crippen molar-refractivity contribution in [2.75, 3.05) is 19.6 Å². The summed E-state index contributed by atoms with van der Waals surface area (Å²) in [7, 11) is 0. The number of nitrogens with zero attached hydrogens (tertiary/aromatic N) is 3. The second-order valence-corrected chi connectivity index (χ2v) is 6.64. The van der Waals surface area contributed by atoms with Gasteiger partial charge in [0.25, 0.3) is 0 Å². The molecule has 0 spiro atoms. The van der Waals surface area contributed by atoms with Gasteiger partial charge in [-0.05, 0) is 56.0 Å². The van der Waals surface area contributed by atoms with E-state index in [1.165, 1.54) is 35.5 Å². The number of piperazine rings is 1. The number of halogens is 1. The van der Waals surface area contributed by atoms with E-state index in [0.29, 0.717) is 6.04 Å². The molecule has 1 aromatic carbocycles. The quantitative estimate of drug-likeness (QED) is 0.944. The lowest BCUT2D eigenvalue weighted by Gasteiger charge is -2.33. The molecule has 0 saturated carbocycles. The molecule has 1 aliphatic heterocycles. The summed E-state index contributed by atoms with van der Waals surface area (Å²) in [6.07, 6.45) is 3.38. The van der Waals surface area contributed by atoms with E-state index in [9.17, 15) is 4.39 Å². The monoisotopic (exact) mass is 314 g/mol. The molecule has 1 saturated heterocycles. The maximum atomic E-state index is 13.2. The molecule has 0 radical (unpaired) electrons. The predicted molar refractivity (Wildman–Crippen MR) is 88.3 cm³/mol. The lowest BCUT2D eigenvalue weighted by atomic mass is 10.1. The van der Waals surface area contributed by atoms with E-state index >= 15 is 0 Å². The second kappa shape index (κ2) is 6.06. The lowest BCUT2D eigenvalue weighted by molar-refractivity contribution is 0.163. The molecule has 122 valence electrons. The van der Waals surface area contributed by atoms with Gasteiger partial charge in [0.2, 0.25) is 0 Å². The number of fused-ring (bicyclic) bond motifs is 1. The van der Waals surface area contributed by atoms with Crippen LogP contribution < -0.4 is 5.32 Å². The van der Waals surface area contributed by atoms with Crippen molar-refractivity contribution in [2.45, 2.75) is 38.8 Å². The van der Waals surface area contributed by atoms with Crippen LogP contribution in [-0.4, -0.2) is 40.4 Å². The van der Waals surface area contributed by atoms with Crippen LogP contribution in [0.4, 0.5) is 4.39 Å². The molecule has 2 aliphatic rings. The first kappa shape index (κ1) is 14.8. The van der Waals surface area contributed by atoms with E-state index in [2.05, 4.69) is 17.1 Å². The molecule has 23 heavy (non-hydrogen) atoms. The van der Waals surface area contributed by atoms with Gasteiger partial charge >= 0.3 is 0 Å². The Morgan fingerprint density at radius 3 is 2.87 bits per heavy atom. The summed E-state index contributed by atoms with van der Waals surface area (Å²) >= 11 is 0. The summed E-state index contributed by atoms with van der Waals surface area (Å²) in [5.74, 6) is -0.201. The van der Waals surface area contributed by atoms with Crippen molar-refractivity contribution in [2.24, 2.45) is 0 Å². The van der Waals surface area contributed by atoms with E-state index in [1.807, 2.05) is 16.8 Å². The standard InChI is InChI=1S/C18H23FN4/c1-13-11-20-9-10-22(13)12-17-16-3-2-4-18(16)23(21-17)15-7-5-14(19)6-8-15/h5-8,13,20H,2-4,9-12H2,1H3/t13-/m0/s1. The molecule has 0 bridgehead atoms. The van der Waals surface area contributed by atoms with E-state index in [1.54, 1.807) is 0 Å². The molecular formula is C18H23FN4. The smallest absolute Gasteiger partial charge is 0.123 e. The van der Waals surface area contributed by atoms with Gasteiger partial charge in [-0.1, -0.05) is 0 Å². The Morgan fingerprint density at radius 2 is 2.09 bits per heavy atom. The molecule has 2 heterocycles. The zero-order valence-electron chi connectivity index (χ0n) is 13.6. The molecule has 0 amide bonds. The molecule has 1 N–H and O–H groups in total. The molecule has 1 aliphatic carbocycles. The van der Waals surface area contributed by atoms with E-state index in [-0.39, 0.29) is 5.82 Å². The Balaban J connectivity index is 1.66. The summed E-state index contributed by atoms with van der Waals surface area (Å²) in [5.41, 5.74) is 4.90. The van der Waals surface area contributed by atoms with Gasteiger partial charge in [-0.25, -0.2) is 9.07 Å². The van der Waals surface area contributed by atoms with Crippen LogP contribution in [0.2, 0.25) is 0 Å². The van der Waals surface area contributed by atoms with Crippen LogP contribution in [0.5, 0.6) is 0 Å². The third kappa shape index (κ3) is 2.79. The third-order valence-electron chi connectivity index (χ3n) is 5.08. The van der Waals surface area contributed by atoms with Gasteiger partial charge in [0.1, 0.15) is 5.82 Å². The Labute approximate surface area is 136 Å². The van der Waals surface area contributed by atoms with Crippen LogP contribution in [0.1, 0.15) is 30.3 Å². The van der Waals surface area contributed by atoms with Gasteiger partial charge in [0.05, 0.1) is 11.4 Å². The summed E-state index contributed by atoms with van der Waals surface area (Å²) < 4.78 is 15.2. The summed E-state index contributed by atoms with van der Waals surface area (Å²) in [6.45, 7) is 6.34. The van der Waals surface area contributed by atoms with Gasteiger partial charge in [-0.15, -0.1) is 0 Å². The van der Waals surface area contributed by atoms with Gasteiger partial charge in [-0.3, -0.25) is 4.90 Å². The van der Waals surface area contributed by atoms with Gasteiger partial charge in [0.15, 0.2) is 0 Å².